The van der Waals surface area contributed by atoms with Crippen molar-refractivity contribution in [2.24, 2.45) is 0 Å². The monoisotopic (exact) mass is 360 g/mol. The van der Waals surface area contributed by atoms with Crippen LogP contribution >= 0.6 is 11.8 Å². The van der Waals surface area contributed by atoms with Gasteiger partial charge in [0.05, 0.1) is 9.82 Å². The molecule has 0 radical (unpaired) electrons. The van der Waals surface area contributed by atoms with Crippen LogP contribution in [0.3, 0.4) is 0 Å². The molecular weight excluding hydrogens is 343 g/mol. The molecule has 2 aromatic carbocycles. The predicted octanol–water partition coefficient (Wildman–Crippen LogP) is 4.26. The minimum absolute atomic E-state index is 0.0615. The first kappa shape index (κ1) is 17.4. The number of amides is 1. The van der Waals surface area contributed by atoms with Crippen molar-refractivity contribution in [2.75, 3.05) is 6.26 Å². The molecule has 3 rings (SSSR count). The molecule has 0 spiro atoms. The van der Waals surface area contributed by atoms with E-state index in [2.05, 4.69) is 0 Å². The fourth-order valence-corrected chi connectivity index (χ4v) is 3.24. The average molecular weight is 360 g/mol. The third-order valence-electron chi connectivity index (χ3n) is 4.17. The van der Waals surface area contributed by atoms with Crippen molar-refractivity contribution in [2.45, 2.75) is 30.3 Å². The van der Waals surface area contributed by atoms with Crippen molar-refractivity contribution in [1.29, 1.82) is 0 Å². The molecule has 0 heterocycles. The lowest BCUT2D eigenvalue weighted by Gasteiger charge is -2.23. The Morgan fingerprint density at radius 2 is 2.04 bits per heavy atom. The van der Waals surface area contributed by atoms with Gasteiger partial charge in [-0.2, -0.15) is 0 Å². The largest absolute Gasteiger partial charge is 0.331 e. The van der Waals surface area contributed by atoms with Crippen LogP contribution in [0.15, 0.2) is 47.4 Å². The Labute approximate surface area is 149 Å². The molecular formula is C18H17FN2O3S. The van der Waals surface area contributed by atoms with Gasteiger partial charge in [0.15, 0.2) is 0 Å². The highest BCUT2D eigenvalue weighted by Gasteiger charge is 2.34. The van der Waals surface area contributed by atoms with E-state index < -0.39 is 4.92 Å². The van der Waals surface area contributed by atoms with Crippen LogP contribution in [0.25, 0.3) is 0 Å². The van der Waals surface area contributed by atoms with Gasteiger partial charge >= 0.3 is 0 Å². The van der Waals surface area contributed by atoms with Gasteiger partial charge in [0, 0.05) is 29.8 Å². The molecule has 0 aliphatic heterocycles. The highest BCUT2D eigenvalue weighted by molar-refractivity contribution is 7.98. The maximum absolute atomic E-state index is 13.9. The van der Waals surface area contributed by atoms with Crippen molar-refractivity contribution in [3.63, 3.8) is 0 Å². The van der Waals surface area contributed by atoms with Gasteiger partial charge in [-0.05, 0) is 37.3 Å². The Morgan fingerprint density at radius 1 is 1.32 bits per heavy atom. The van der Waals surface area contributed by atoms with Crippen molar-refractivity contribution in [3.05, 3.63) is 69.5 Å². The van der Waals surface area contributed by atoms with Crippen LogP contribution in [0.5, 0.6) is 0 Å². The lowest BCUT2D eigenvalue weighted by molar-refractivity contribution is -0.387. The summed E-state index contributed by atoms with van der Waals surface area (Å²) in [7, 11) is 0. The number of carbonyl (C=O) groups excluding carboxylic acids is 1. The summed E-state index contributed by atoms with van der Waals surface area (Å²) >= 11 is 1.26. The second kappa shape index (κ2) is 7.23. The van der Waals surface area contributed by atoms with Gasteiger partial charge in [0.2, 0.25) is 0 Å². The molecule has 2 aromatic rings. The number of hydrogen-bond acceptors (Lipinski definition) is 4. The van der Waals surface area contributed by atoms with E-state index >= 15 is 0 Å². The molecule has 1 fully saturated rings. The van der Waals surface area contributed by atoms with E-state index in [1.165, 1.54) is 23.9 Å². The zero-order valence-corrected chi connectivity index (χ0v) is 14.5. The first-order valence-electron chi connectivity index (χ1n) is 7.88. The van der Waals surface area contributed by atoms with Gasteiger partial charge in [0.25, 0.3) is 11.6 Å². The fraction of sp³-hybridized carbons (Fsp3) is 0.278. The topological polar surface area (TPSA) is 63.5 Å². The number of nitro benzene ring substituents is 1. The van der Waals surface area contributed by atoms with Crippen molar-refractivity contribution in [3.8, 4) is 0 Å². The van der Waals surface area contributed by atoms with E-state index in [4.69, 9.17) is 0 Å². The summed E-state index contributed by atoms with van der Waals surface area (Å²) in [4.78, 5) is 25.7. The van der Waals surface area contributed by atoms with Crippen molar-refractivity contribution < 1.29 is 14.1 Å². The van der Waals surface area contributed by atoms with E-state index in [-0.39, 0.29) is 35.6 Å². The van der Waals surface area contributed by atoms with E-state index in [1.54, 1.807) is 41.5 Å². The van der Waals surface area contributed by atoms with Gasteiger partial charge in [0.1, 0.15) is 5.82 Å². The summed E-state index contributed by atoms with van der Waals surface area (Å²) in [5.41, 5.74) is 0.616. The summed E-state index contributed by atoms with van der Waals surface area (Å²) in [5.74, 6) is -0.661. The molecule has 1 aliphatic rings. The molecule has 1 saturated carbocycles. The number of nitrogens with zero attached hydrogens (tertiary/aromatic N) is 2. The van der Waals surface area contributed by atoms with Gasteiger partial charge in [-0.25, -0.2) is 4.39 Å². The molecule has 7 heteroatoms. The molecule has 0 saturated heterocycles. The van der Waals surface area contributed by atoms with E-state index in [9.17, 15) is 19.3 Å². The van der Waals surface area contributed by atoms with Crippen LogP contribution in [0.1, 0.15) is 28.8 Å². The molecule has 25 heavy (non-hydrogen) atoms. The Morgan fingerprint density at radius 3 is 2.64 bits per heavy atom. The lowest BCUT2D eigenvalue weighted by atomic mass is 10.1. The Kier molecular flexibility index (Phi) is 5.03. The molecule has 0 unspecified atom stereocenters. The second-order valence-corrected chi connectivity index (χ2v) is 6.75. The molecule has 130 valence electrons. The first-order chi connectivity index (χ1) is 12.0. The van der Waals surface area contributed by atoms with Crippen LogP contribution in [0, 0.1) is 15.9 Å². The third-order valence-corrected chi connectivity index (χ3v) is 4.95. The maximum atomic E-state index is 13.9. The van der Waals surface area contributed by atoms with E-state index in [0.29, 0.717) is 10.5 Å². The zero-order valence-electron chi connectivity index (χ0n) is 13.6. The maximum Gasteiger partial charge on any atom is 0.283 e. The number of hydrogen-bond donors (Lipinski definition) is 0. The van der Waals surface area contributed by atoms with Gasteiger partial charge in [-0.15, -0.1) is 11.8 Å². The minimum Gasteiger partial charge on any atom is -0.331 e. The number of thioether (sulfide) groups is 1. The van der Waals surface area contributed by atoms with E-state index in [1.807, 2.05) is 0 Å². The minimum atomic E-state index is -0.485. The summed E-state index contributed by atoms with van der Waals surface area (Å²) in [6, 6.07) is 10.9. The van der Waals surface area contributed by atoms with Gasteiger partial charge in [-0.3, -0.25) is 14.9 Å². The summed E-state index contributed by atoms with van der Waals surface area (Å²) in [6.45, 7) is 0.161. The second-order valence-electron chi connectivity index (χ2n) is 5.90. The molecule has 0 N–H and O–H groups in total. The van der Waals surface area contributed by atoms with Gasteiger partial charge < -0.3 is 4.90 Å². The number of nitro groups is 1. The fourth-order valence-electron chi connectivity index (χ4n) is 2.69. The van der Waals surface area contributed by atoms with Crippen LogP contribution in [0.4, 0.5) is 10.1 Å². The van der Waals surface area contributed by atoms with Crippen molar-refractivity contribution >= 4 is 23.4 Å². The molecule has 0 bridgehead atoms. The predicted molar refractivity (Wildman–Crippen MR) is 94.2 cm³/mol. The number of carbonyl (C=O) groups is 1. The average Bonchev–Trinajstić information content (AvgIpc) is 3.44. The zero-order chi connectivity index (χ0) is 18.0. The number of rotatable bonds is 6. The molecule has 0 aromatic heterocycles. The lowest BCUT2D eigenvalue weighted by Crippen LogP contribution is -2.33. The quantitative estimate of drug-likeness (QED) is 0.439. The van der Waals surface area contributed by atoms with Crippen LogP contribution in [0.2, 0.25) is 0 Å². The Hall–Kier alpha value is -2.41. The highest BCUT2D eigenvalue weighted by Crippen LogP contribution is 2.33. The van der Waals surface area contributed by atoms with Crippen molar-refractivity contribution in [1.82, 2.24) is 4.90 Å². The molecule has 1 amide bonds. The summed E-state index contributed by atoms with van der Waals surface area (Å²) in [6.07, 6.45) is 3.48. The SMILES string of the molecule is CSc1ccc(C(=O)N(Cc2ccccc2F)C2CC2)cc1[N+](=O)[O-]. The van der Waals surface area contributed by atoms with Crippen LogP contribution in [-0.2, 0) is 6.54 Å². The highest BCUT2D eigenvalue weighted by atomic mass is 32.2. The Balaban J connectivity index is 1.90. The van der Waals surface area contributed by atoms with Crippen LogP contribution < -0.4 is 0 Å². The summed E-state index contributed by atoms with van der Waals surface area (Å²) < 4.78 is 13.9. The standard InChI is InChI=1S/C18H17FN2O3S/c1-25-17-9-6-12(10-16(17)21(23)24)18(22)20(14-7-8-14)11-13-4-2-3-5-15(13)19/h2-6,9-10,14H,7-8,11H2,1H3. The number of halogens is 1. The normalized spacial score (nSPS) is 13.5. The summed E-state index contributed by atoms with van der Waals surface area (Å²) in [5, 5.41) is 11.2. The smallest absolute Gasteiger partial charge is 0.283 e. The van der Waals surface area contributed by atoms with E-state index in [0.717, 1.165) is 12.8 Å². The molecule has 0 atom stereocenters. The molecule has 5 nitrogen and oxygen atoms in total. The molecule has 1 aliphatic carbocycles. The van der Waals surface area contributed by atoms with Crippen LogP contribution in [-0.4, -0.2) is 28.0 Å². The number of benzene rings is 2. The Bertz CT molecular complexity index is 824. The first-order valence-corrected chi connectivity index (χ1v) is 9.10. The van der Waals surface area contributed by atoms with Gasteiger partial charge in [-0.1, -0.05) is 18.2 Å². The third kappa shape index (κ3) is 3.82.